The summed E-state index contributed by atoms with van der Waals surface area (Å²) in [6.07, 6.45) is 2.23. The molecule has 0 radical (unpaired) electrons. The van der Waals surface area contributed by atoms with Gasteiger partial charge in [0.25, 0.3) is 0 Å². The first-order chi connectivity index (χ1) is 9.51. The van der Waals surface area contributed by atoms with Crippen LogP contribution in [0, 0.1) is 0 Å². The first-order valence-corrected chi connectivity index (χ1v) is 7.70. The quantitative estimate of drug-likeness (QED) is 0.739. The van der Waals surface area contributed by atoms with Crippen LogP contribution in [0.5, 0.6) is 0 Å². The van der Waals surface area contributed by atoms with E-state index in [-0.39, 0.29) is 12.5 Å². The van der Waals surface area contributed by atoms with Crippen molar-refractivity contribution in [3.63, 3.8) is 0 Å². The molecule has 2 N–H and O–H groups in total. The van der Waals surface area contributed by atoms with E-state index < -0.39 is 5.97 Å². The van der Waals surface area contributed by atoms with E-state index in [0.717, 1.165) is 17.3 Å². The predicted octanol–water partition coefficient (Wildman–Crippen LogP) is 2.69. The number of benzene rings is 1. The third-order valence-electron chi connectivity index (χ3n) is 2.85. The molecule has 108 valence electrons. The largest absolute Gasteiger partial charge is 0.465 e. The second-order valence-electron chi connectivity index (χ2n) is 4.51. The lowest BCUT2D eigenvalue weighted by Gasteiger charge is -2.13. The Morgan fingerprint density at radius 2 is 2.05 bits per heavy atom. The van der Waals surface area contributed by atoms with Gasteiger partial charge in [-0.1, -0.05) is 15.9 Å². The van der Waals surface area contributed by atoms with Crippen LogP contribution in [0.25, 0.3) is 0 Å². The van der Waals surface area contributed by atoms with E-state index in [1.165, 1.54) is 7.11 Å². The summed E-state index contributed by atoms with van der Waals surface area (Å²) >= 11 is 6.65. The second-order valence-corrected chi connectivity index (χ2v) is 6.28. The van der Waals surface area contributed by atoms with Gasteiger partial charge in [-0.25, -0.2) is 4.79 Å². The first kappa shape index (κ1) is 15.5. The van der Waals surface area contributed by atoms with Crippen molar-refractivity contribution >= 4 is 49.4 Å². The van der Waals surface area contributed by atoms with Gasteiger partial charge in [0.15, 0.2) is 0 Å². The molecule has 0 spiro atoms. The second kappa shape index (κ2) is 6.69. The van der Waals surface area contributed by atoms with Gasteiger partial charge in [0.1, 0.15) is 0 Å². The van der Waals surface area contributed by atoms with Crippen molar-refractivity contribution < 1.29 is 14.3 Å². The van der Waals surface area contributed by atoms with Crippen molar-refractivity contribution in [2.24, 2.45) is 0 Å². The van der Waals surface area contributed by atoms with Crippen LogP contribution in [0.2, 0.25) is 0 Å². The Kier molecular flexibility index (Phi) is 5.17. The van der Waals surface area contributed by atoms with Gasteiger partial charge in [0, 0.05) is 15.0 Å². The van der Waals surface area contributed by atoms with Gasteiger partial charge < -0.3 is 15.4 Å². The topological polar surface area (TPSA) is 67.4 Å². The fraction of sp³-hybridized carbons (Fsp3) is 0.385. The zero-order valence-corrected chi connectivity index (χ0v) is 14.0. The molecule has 1 aliphatic carbocycles. The summed E-state index contributed by atoms with van der Waals surface area (Å²) in [5.41, 5.74) is 0.719. The van der Waals surface area contributed by atoms with Crippen LogP contribution in [0.15, 0.2) is 21.1 Å². The minimum absolute atomic E-state index is 0.190. The lowest BCUT2D eigenvalue weighted by Crippen LogP contribution is -2.30. The maximum Gasteiger partial charge on any atom is 0.340 e. The molecule has 0 aliphatic heterocycles. The number of carbonyl (C=O) groups excluding carboxylic acids is 2. The molecule has 1 aromatic rings. The lowest BCUT2D eigenvalue weighted by atomic mass is 10.2. The SMILES string of the molecule is COC(=O)c1cc(Br)cc(Br)c1NC(=O)CNC1CC1. The number of anilines is 1. The molecule has 7 heteroatoms. The molecule has 0 heterocycles. The van der Waals surface area contributed by atoms with Crippen LogP contribution in [0.4, 0.5) is 5.69 Å². The number of hydrogen-bond donors (Lipinski definition) is 2. The molecule has 5 nitrogen and oxygen atoms in total. The summed E-state index contributed by atoms with van der Waals surface area (Å²) in [7, 11) is 1.30. The van der Waals surface area contributed by atoms with E-state index in [0.29, 0.717) is 21.8 Å². The van der Waals surface area contributed by atoms with Gasteiger partial charge in [-0.2, -0.15) is 0 Å². The van der Waals surface area contributed by atoms with Gasteiger partial charge in [-0.3, -0.25) is 4.79 Å². The zero-order chi connectivity index (χ0) is 14.7. The Balaban J connectivity index is 2.15. The molecule has 0 saturated heterocycles. The molecule has 1 aliphatic rings. The third-order valence-corrected chi connectivity index (χ3v) is 3.94. The number of hydrogen-bond acceptors (Lipinski definition) is 4. The molecule has 1 aromatic carbocycles. The Labute approximate surface area is 133 Å². The van der Waals surface area contributed by atoms with Crippen LogP contribution in [-0.2, 0) is 9.53 Å². The van der Waals surface area contributed by atoms with Crippen LogP contribution in [0.1, 0.15) is 23.2 Å². The van der Waals surface area contributed by atoms with Crippen molar-refractivity contribution in [2.45, 2.75) is 18.9 Å². The van der Waals surface area contributed by atoms with E-state index in [9.17, 15) is 9.59 Å². The summed E-state index contributed by atoms with van der Waals surface area (Å²) in [6, 6.07) is 3.82. The van der Waals surface area contributed by atoms with E-state index >= 15 is 0 Å². The molecule has 20 heavy (non-hydrogen) atoms. The van der Waals surface area contributed by atoms with Crippen molar-refractivity contribution in [2.75, 3.05) is 19.0 Å². The van der Waals surface area contributed by atoms with Crippen molar-refractivity contribution in [3.05, 3.63) is 26.6 Å². The van der Waals surface area contributed by atoms with Gasteiger partial charge in [-0.05, 0) is 40.9 Å². The van der Waals surface area contributed by atoms with E-state index in [4.69, 9.17) is 4.74 Å². The van der Waals surface area contributed by atoms with Gasteiger partial charge in [0.2, 0.25) is 5.91 Å². The molecule has 1 fully saturated rings. The normalized spacial score (nSPS) is 13.9. The minimum atomic E-state index is -0.502. The number of esters is 1. The fourth-order valence-corrected chi connectivity index (χ4v) is 3.00. The average molecular weight is 406 g/mol. The molecule has 1 saturated carbocycles. The van der Waals surface area contributed by atoms with Gasteiger partial charge in [-0.15, -0.1) is 0 Å². The Bertz CT molecular complexity index is 545. The standard InChI is InChI=1S/C13H14Br2N2O3/c1-20-13(19)9-4-7(14)5-10(15)12(9)17-11(18)6-16-8-2-3-8/h4-5,8,16H,2-3,6H2,1H3,(H,17,18). The number of nitrogens with one attached hydrogen (secondary N) is 2. The molecule has 2 rings (SSSR count). The number of halogens is 2. The minimum Gasteiger partial charge on any atom is -0.465 e. The van der Waals surface area contributed by atoms with E-state index in [1.807, 2.05) is 0 Å². The molecular formula is C13H14Br2N2O3. The first-order valence-electron chi connectivity index (χ1n) is 6.12. The number of rotatable bonds is 5. The molecule has 0 atom stereocenters. The van der Waals surface area contributed by atoms with Gasteiger partial charge >= 0.3 is 5.97 Å². The maximum absolute atomic E-state index is 11.9. The summed E-state index contributed by atoms with van der Waals surface area (Å²) in [6.45, 7) is 0.230. The molecule has 1 amide bonds. The van der Waals surface area contributed by atoms with Crippen LogP contribution in [-0.4, -0.2) is 31.6 Å². The Morgan fingerprint density at radius 1 is 1.35 bits per heavy atom. The Hall–Kier alpha value is -0.920. The average Bonchev–Trinajstić information content (AvgIpc) is 3.22. The van der Waals surface area contributed by atoms with E-state index in [1.54, 1.807) is 12.1 Å². The van der Waals surface area contributed by atoms with Crippen molar-refractivity contribution in [1.29, 1.82) is 0 Å². The predicted molar refractivity (Wildman–Crippen MR) is 82.8 cm³/mol. The molecule has 0 aromatic heterocycles. The lowest BCUT2D eigenvalue weighted by molar-refractivity contribution is -0.115. The van der Waals surface area contributed by atoms with Crippen LogP contribution < -0.4 is 10.6 Å². The summed E-state index contributed by atoms with van der Waals surface area (Å²) in [5, 5.41) is 5.85. The van der Waals surface area contributed by atoms with E-state index in [2.05, 4.69) is 42.5 Å². The van der Waals surface area contributed by atoms with Gasteiger partial charge in [0.05, 0.1) is 24.9 Å². The molecule has 0 bridgehead atoms. The van der Waals surface area contributed by atoms with Crippen LogP contribution >= 0.6 is 31.9 Å². The highest BCUT2D eigenvalue weighted by Crippen LogP contribution is 2.31. The smallest absolute Gasteiger partial charge is 0.340 e. The number of amides is 1. The monoisotopic (exact) mass is 404 g/mol. The molecule has 0 unspecified atom stereocenters. The van der Waals surface area contributed by atoms with Crippen LogP contribution in [0.3, 0.4) is 0 Å². The summed E-state index contributed by atoms with van der Waals surface area (Å²) in [5.74, 6) is -0.692. The molecular weight excluding hydrogens is 392 g/mol. The highest BCUT2D eigenvalue weighted by molar-refractivity contribution is 9.11. The third kappa shape index (κ3) is 4.04. The van der Waals surface area contributed by atoms with Crippen molar-refractivity contribution in [3.8, 4) is 0 Å². The number of carbonyl (C=O) groups is 2. The fourth-order valence-electron chi connectivity index (χ4n) is 1.68. The van der Waals surface area contributed by atoms with Crippen molar-refractivity contribution in [1.82, 2.24) is 5.32 Å². The summed E-state index contributed by atoms with van der Waals surface area (Å²) in [4.78, 5) is 23.7. The highest BCUT2D eigenvalue weighted by atomic mass is 79.9. The number of methoxy groups -OCH3 is 1. The highest BCUT2D eigenvalue weighted by Gasteiger charge is 2.22. The maximum atomic E-state index is 11.9. The summed E-state index contributed by atoms with van der Waals surface area (Å²) < 4.78 is 6.07. The number of ether oxygens (including phenoxy) is 1. The zero-order valence-electron chi connectivity index (χ0n) is 10.8. The Morgan fingerprint density at radius 3 is 2.65 bits per heavy atom.